The van der Waals surface area contributed by atoms with Gasteiger partial charge in [0.15, 0.2) is 0 Å². The second kappa shape index (κ2) is 5.21. The molecule has 102 valence electrons. The topological polar surface area (TPSA) is 54.2 Å². The van der Waals surface area contributed by atoms with Gasteiger partial charge in [0.2, 0.25) is 5.95 Å². The summed E-state index contributed by atoms with van der Waals surface area (Å²) < 4.78 is 5.29. The van der Waals surface area contributed by atoms with E-state index in [4.69, 9.17) is 4.42 Å². The fourth-order valence-corrected chi connectivity index (χ4v) is 2.06. The van der Waals surface area contributed by atoms with Crippen molar-refractivity contribution in [2.24, 2.45) is 0 Å². The summed E-state index contributed by atoms with van der Waals surface area (Å²) in [5.74, 6) is 2.36. The molecule has 1 N–H and O–H groups in total. The molecule has 5 heteroatoms. The predicted octanol–water partition coefficient (Wildman–Crippen LogP) is 2.90. The Kier molecular flexibility index (Phi) is 3.25. The van der Waals surface area contributed by atoms with Crippen LogP contribution in [0, 0.1) is 0 Å². The van der Waals surface area contributed by atoms with Crippen molar-refractivity contribution in [3.8, 4) is 0 Å². The molecule has 0 atom stereocenters. The van der Waals surface area contributed by atoms with E-state index in [1.165, 1.54) is 0 Å². The summed E-state index contributed by atoms with van der Waals surface area (Å²) in [7, 11) is 3.95. The van der Waals surface area contributed by atoms with Gasteiger partial charge in [-0.1, -0.05) is 12.1 Å². The molecular formula is C15H16N4O. The summed E-state index contributed by atoms with van der Waals surface area (Å²) in [4.78, 5) is 11.1. The Balaban J connectivity index is 1.95. The fraction of sp³-hybridized carbons (Fsp3) is 0.200. The molecule has 0 spiro atoms. The number of hydrogen-bond acceptors (Lipinski definition) is 5. The third-order valence-corrected chi connectivity index (χ3v) is 3.01. The average Bonchev–Trinajstić information content (AvgIpc) is 2.97. The largest absolute Gasteiger partial charge is 0.467 e. The lowest BCUT2D eigenvalue weighted by Crippen LogP contribution is -2.13. The van der Waals surface area contributed by atoms with E-state index in [1.807, 2.05) is 55.4 Å². The van der Waals surface area contributed by atoms with Gasteiger partial charge < -0.3 is 14.6 Å². The number of nitrogens with zero attached hydrogens (tertiary/aromatic N) is 3. The number of hydrogen-bond donors (Lipinski definition) is 1. The third-order valence-electron chi connectivity index (χ3n) is 3.01. The van der Waals surface area contributed by atoms with Gasteiger partial charge >= 0.3 is 0 Å². The second-order valence-corrected chi connectivity index (χ2v) is 4.72. The third kappa shape index (κ3) is 2.42. The molecule has 1 aromatic carbocycles. The van der Waals surface area contributed by atoms with E-state index in [9.17, 15) is 0 Å². The molecule has 2 aromatic heterocycles. The van der Waals surface area contributed by atoms with Gasteiger partial charge in [0.25, 0.3) is 0 Å². The Hall–Kier alpha value is -2.56. The number of rotatable bonds is 4. The van der Waals surface area contributed by atoms with Crippen LogP contribution in [-0.4, -0.2) is 24.1 Å². The van der Waals surface area contributed by atoms with E-state index < -0.39 is 0 Å². The highest BCUT2D eigenvalue weighted by molar-refractivity contribution is 5.90. The van der Waals surface area contributed by atoms with Gasteiger partial charge in [-0.05, 0) is 24.3 Å². The lowest BCUT2D eigenvalue weighted by atomic mass is 10.2. The summed E-state index contributed by atoms with van der Waals surface area (Å²) in [6.45, 7) is 0.568. The quantitative estimate of drug-likeness (QED) is 0.788. The van der Waals surface area contributed by atoms with E-state index in [0.717, 1.165) is 22.5 Å². The normalized spacial score (nSPS) is 10.7. The lowest BCUT2D eigenvalue weighted by Gasteiger charge is -2.15. The zero-order valence-corrected chi connectivity index (χ0v) is 11.5. The average molecular weight is 268 g/mol. The van der Waals surface area contributed by atoms with Crippen LogP contribution in [0.5, 0.6) is 0 Å². The van der Waals surface area contributed by atoms with Crippen LogP contribution in [0.4, 0.5) is 11.8 Å². The summed E-state index contributed by atoms with van der Waals surface area (Å²) in [6.07, 6.45) is 1.66. The zero-order chi connectivity index (χ0) is 13.9. The molecule has 5 nitrogen and oxygen atoms in total. The first kappa shape index (κ1) is 12.5. The van der Waals surface area contributed by atoms with Crippen LogP contribution in [0.15, 0.2) is 47.1 Å². The first-order valence-corrected chi connectivity index (χ1v) is 6.44. The summed E-state index contributed by atoms with van der Waals surface area (Å²) in [6, 6.07) is 11.8. The van der Waals surface area contributed by atoms with Gasteiger partial charge in [0.1, 0.15) is 11.6 Å². The molecule has 0 amide bonds. The molecular weight excluding hydrogens is 252 g/mol. The van der Waals surface area contributed by atoms with Crippen molar-refractivity contribution >= 4 is 22.7 Å². The van der Waals surface area contributed by atoms with E-state index >= 15 is 0 Å². The Morgan fingerprint density at radius 2 is 1.95 bits per heavy atom. The maximum Gasteiger partial charge on any atom is 0.225 e. The van der Waals surface area contributed by atoms with Gasteiger partial charge in [-0.3, -0.25) is 0 Å². The molecule has 0 radical (unpaired) electrons. The molecule has 0 saturated carbocycles. The number of benzene rings is 1. The molecule has 3 rings (SSSR count). The minimum absolute atomic E-state index is 0.568. The highest BCUT2D eigenvalue weighted by atomic mass is 16.3. The minimum Gasteiger partial charge on any atom is -0.467 e. The lowest BCUT2D eigenvalue weighted by molar-refractivity contribution is 0.517. The minimum atomic E-state index is 0.568. The van der Waals surface area contributed by atoms with Gasteiger partial charge in [-0.15, -0.1) is 0 Å². The van der Waals surface area contributed by atoms with Gasteiger partial charge in [-0.25, -0.2) is 4.98 Å². The van der Waals surface area contributed by atoms with Crippen molar-refractivity contribution < 1.29 is 4.42 Å². The maximum absolute atomic E-state index is 5.29. The number of anilines is 2. The molecule has 0 fully saturated rings. The SMILES string of the molecule is CN(C)c1nc(NCc2ccco2)nc2ccccc12. The van der Waals surface area contributed by atoms with Crippen LogP contribution in [0.3, 0.4) is 0 Å². The van der Waals surface area contributed by atoms with Crippen molar-refractivity contribution in [2.75, 3.05) is 24.3 Å². The monoisotopic (exact) mass is 268 g/mol. The first-order valence-electron chi connectivity index (χ1n) is 6.44. The van der Waals surface area contributed by atoms with E-state index in [1.54, 1.807) is 6.26 Å². The number of nitrogens with one attached hydrogen (secondary N) is 1. The second-order valence-electron chi connectivity index (χ2n) is 4.72. The van der Waals surface area contributed by atoms with Crippen molar-refractivity contribution in [1.29, 1.82) is 0 Å². The molecule has 0 saturated heterocycles. The van der Waals surface area contributed by atoms with Crippen LogP contribution in [0.25, 0.3) is 10.9 Å². The summed E-state index contributed by atoms with van der Waals surface area (Å²) in [5.41, 5.74) is 0.924. The summed E-state index contributed by atoms with van der Waals surface area (Å²) >= 11 is 0. The van der Waals surface area contributed by atoms with Crippen molar-refractivity contribution in [1.82, 2.24) is 9.97 Å². The van der Waals surface area contributed by atoms with Gasteiger partial charge in [-0.2, -0.15) is 4.98 Å². The highest BCUT2D eigenvalue weighted by Crippen LogP contribution is 2.23. The van der Waals surface area contributed by atoms with Crippen LogP contribution in [-0.2, 0) is 6.54 Å². The van der Waals surface area contributed by atoms with Crippen molar-refractivity contribution in [2.45, 2.75) is 6.54 Å². The molecule has 20 heavy (non-hydrogen) atoms. The smallest absolute Gasteiger partial charge is 0.225 e. The first-order chi connectivity index (χ1) is 9.74. The predicted molar refractivity (Wildman–Crippen MR) is 79.9 cm³/mol. The van der Waals surface area contributed by atoms with E-state index in [2.05, 4.69) is 15.3 Å². The molecule has 0 bridgehead atoms. The number of para-hydroxylation sites is 1. The number of fused-ring (bicyclic) bond motifs is 1. The van der Waals surface area contributed by atoms with Crippen molar-refractivity contribution in [3.63, 3.8) is 0 Å². The van der Waals surface area contributed by atoms with E-state index in [0.29, 0.717) is 12.5 Å². The van der Waals surface area contributed by atoms with E-state index in [-0.39, 0.29) is 0 Å². The highest BCUT2D eigenvalue weighted by Gasteiger charge is 2.09. The maximum atomic E-state index is 5.29. The van der Waals surface area contributed by atoms with Crippen LogP contribution < -0.4 is 10.2 Å². The van der Waals surface area contributed by atoms with Crippen molar-refractivity contribution in [3.05, 3.63) is 48.4 Å². The van der Waals surface area contributed by atoms with Crippen LogP contribution in [0.2, 0.25) is 0 Å². The summed E-state index contributed by atoms with van der Waals surface area (Å²) in [5, 5.41) is 4.23. The standard InChI is InChI=1S/C15H16N4O/c1-19(2)14-12-7-3-4-8-13(12)17-15(18-14)16-10-11-6-5-9-20-11/h3-9H,10H2,1-2H3,(H,16,17,18). The van der Waals surface area contributed by atoms with Gasteiger partial charge in [0, 0.05) is 19.5 Å². The Bertz CT molecular complexity index is 707. The number of aromatic nitrogens is 2. The number of furan rings is 1. The molecule has 0 aliphatic rings. The van der Waals surface area contributed by atoms with Crippen LogP contribution in [0.1, 0.15) is 5.76 Å². The molecule has 0 unspecified atom stereocenters. The zero-order valence-electron chi connectivity index (χ0n) is 11.5. The Morgan fingerprint density at radius 3 is 2.70 bits per heavy atom. The molecule has 0 aliphatic carbocycles. The molecule has 3 aromatic rings. The van der Waals surface area contributed by atoms with Crippen LogP contribution >= 0.6 is 0 Å². The Labute approximate surface area is 117 Å². The molecule has 2 heterocycles. The molecule has 0 aliphatic heterocycles. The fourth-order valence-electron chi connectivity index (χ4n) is 2.06. The Morgan fingerprint density at radius 1 is 1.10 bits per heavy atom. The van der Waals surface area contributed by atoms with Gasteiger partial charge in [0.05, 0.1) is 18.3 Å².